The Labute approximate surface area is 257 Å². The van der Waals surface area contributed by atoms with E-state index in [4.69, 9.17) is 33.2 Å². The first kappa shape index (κ1) is 35.2. The van der Waals surface area contributed by atoms with Gasteiger partial charge >= 0.3 is 0 Å². The average Bonchev–Trinajstić information content (AvgIpc) is 3.27. The predicted octanol–water partition coefficient (Wildman–Crippen LogP) is 0.802. The number of hydrogen-bond donors (Lipinski definition) is 2. The standard InChI is InChI=1S/C30H43N3O11/c1-2-9-38-11-13-40-15-17-42-19-21-44-22-20-43-18-16-41-14-12-39-10-8-31-24-5-3-4-23-27(24)30(37)33(29(23)36)25-6-7-26(34)32-28(25)35/h2-5,25,31H,1,6-22H2,(H,32,34,35). The van der Waals surface area contributed by atoms with Gasteiger partial charge in [-0.3, -0.25) is 29.4 Å². The largest absolute Gasteiger partial charge is 0.382 e. The number of rotatable bonds is 25. The van der Waals surface area contributed by atoms with Crippen LogP contribution in [0.15, 0.2) is 30.9 Å². The van der Waals surface area contributed by atoms with E-state index < -0.39 is 29.7 Å². The van der Waals surface area contributed by atoms with Crippen molar-refractivity contribution in [2.75, 3.05) is 104 Å². The van der Waals surface area contributed by atoms with Crippen molar-refractivity contribution in [2.24, 2.45) is 0 Å². The van der Waals surface area contributed by atoms with Crippen LogP contribution < -0.4 is 10.6 Å². The number of carbonyl (C=O) groups excluding carboxylic acids is 4. The number of amides is 4. The zero-order valence-electron chi connectivity index (χ0n) is 25.1. The molecule has 2 aliphatic heterocycles. The van der Waals surface area contributed by atoms with E-state index in [9.17, 15) is 19.2 Å². The molecule has 0 aliphatic carbocycles. The van der Waals surface area contributed by atoms with Crippen molar-refractivity contribution in [2.45, 2.75) is 18.9 Å². The van der Waals surface area contributed by atoms with Crippen LogP contribution in [0.5, 0.6) is 0 Å². The fourth-order valence-electron chi connectivity index (χ4n) is 4.41. The Hall–Kier alpha value is -3.24. The Bertz CT molecular complexity index is 1080. The first-order valence-corrected chi connectivity index (χ1v) is 14.8. The topological polar surface area (TPSA) is 160 Å². The molecule has 1 aromatic rings. The van der Waals surface area contributed by atoms with E-state index in [1.54, 1.807) is 24.3 Å². The molecular formula is C30H43N3O11. The third-order valence-electron chi connectivity index (χ3n) is 6.50. The van der Waals surface area contributed by atoms with Crippen molar-refractivity contribution < 1.29 is 52.3 Å². The second-order valence-corrected chi connectivity index (χ2v) is 9.64. The Morgan fingerprint density at radius 3 is 1.80 bits per heavy atom. The molecule has 2 heterocycles. The highest BCUT2D eigenvalue weighted by molar-refractivity contribution is 6.25. The Morgan fingerprint density at radius 2 is 1.27 bits per heavy atom. The molecule has 4 amide bonds. The van der Waals surface area contributed by atoms with E-state index in [0.29, 0.717) is 105 Å². The van der Waals surface area contributed by atoms with Crippen molar-refractivity contribution in [1.29, 1.82) is 0 Å². The van der Waals surface area contributed by atoms with Gasteiger partial charge < -0.3 is 38.5 Å². The summed E-state index contributed by atoms with van der Waals surface area (Å²) in [6.45, 7) is 10.5. The van der Waals surface area contributed by atoms with Crippen LogP contribution in [0.4, 0.5) is 5.69 Å². The molecule has 2 N–H and O–H groups in total. The summed E-state index contributed by atoms with van der Waals surface area (Å²) < 4.78 is 38.0. The smallest absolute Gasteiger partial charge is 0.264 e. The van der Waals surface area contributed by atoms with Crippen LogP contribution >= 0.6 is 0 Å². The van der Waals surface area contributed by atoms with Gasteiger partial charge in [-0.25, -0.2) is 0 Å². The summed E-state index contributed by atoms with van der Waals surface area (Å²) in [4.78, 5) is 50.7. The number of anilines is 1. The number of benzene rings is 1. The molecule has 0 bridgehead atoms. The quantitative estimate of drug-likeness (QED) is 0.0900. The molecule has 1 atom stereocenters. The summed E-state index contributed by atoms with van der Waals surface area (Å²) in [6.07, 6.45) is 1.88. The molecule has 1 saturated heterocycles. The summed E-state index contributed by atoms with van der Waals surface area (Å²) in [5, 5.41) is 5.32. The molecule has 1 aromatic carbocycles. The predicted molar refractivity (Wildman–Crippen MR) is 158 cm³/mol. The lowest BCUT2D eigenvalue weighted by atomic mass is 10.0. The highest BCUT2D eigenvalue weighted by Gasteiger charge is 2.45. The van der Waals surface area contributed by atoms with E-state index in [0.717, 1.165) is 4.90 Å². The van der Waals surface area contributed by atoms with E-state index in [-0.39, 0.29) is 24.0 Å². The number of imide groups is 2. The molecule has 244 valence electrons. The maximum absolute atomic E-state index is 13.1. The molecule has 2 aliphatic rings. The van der Waals surface area contributed by atoms with Crippen LogP contribution in [0.25, 0.3) is 0 Å². The van der Waals surface area contributed by atoms with E-state index in [2.05, 4.69) is 17.2 Å². The molecule has 1 fully saturated rings. The first-order chi connectivity index (χ1) is 21.5. The molecule has 0 saturated carbocycles. The van der Waals surface area contributed by atoms with Crippen LogP contribution in [0.2, 0.25) is 0 Å². The van der Waals surface area contributed by atoms with Gasteiger partial charge in [0.2, 0.25) is 11.8 Å². The zero-order chi connectivity index (χ0) is 31.4. The zero-order valence-corrected chi connectivity index (χ0v) is 25.1. The van der Waals surface area contributed by atoms with Crippen LogP contribution in [0, 0.1) is 0 Å². The summed E-state index contributed by atoms with van der Waals surface area (Å²) in [5.41, 5.74) is 0.920. The number of nitrogens with one attached hydrogen (secondary N) is 2. The lowest BCUT2D eigenvalue weighted by Gasteiger charge is -2.27. The van der Waals surface area contributed by atoms with Crippen LogP contribution in [-0.4, -0.2) is 134 Å². The summed E-state index contributed by atoms with van der Waals surface area (Å²) in [6, 6.07) is 3.91. The fraction of sp³-hybridized carbons (Fsp3) is 0.600. The van der Waals surface area contributed by atoms with Gasteiger partial charge in [-0.1, -0.05) is 12.1 Å². The van der Waals surface area contributed by atoms with Crippen LogP contribution in [0.3, 0.4) is 0 Å². The number of ether oxygens (including phenoxy) is 7. The Balaban J connectivity index is 1.14. The molecule has 44 heavy (non-hydrogen) atoms. The van der Waals surface area contributed by atoms with Crippen molar-refractivity contribution in [3.8, 4) is 0 Å². The molecule has 14 heteroatoms. The van der Waals surface area contributed by atoms with Gasteiger partial charge in [0, 0.05) is 18.7 Å². The third kappa shape index (κ3) is 11.7. The summed E-state index contributed by atoms with van der Waals surface area (Å²) in [5.74, 6) is -2.15. The van der Waals surface area contributed by atoms with Gasteiger partial charge in [0.25, 0.3) is 11.8 Å². The van der Waals surface area contributed by atoms with Crippen molar-refractivity contribution >= 4 is 29.3 Å². The second kappa shape index (κ2) is 20.7. The third-order valence-corrected chi connectivity index (χ3v) is 6.50. The van der Waals surface area contributed by atoms with Crippen LogP contribution in [-0.2, 0) is 42.7 Å². The maximum atomic E-state index is 13.1. The van der Waals surface area contributed by atoms with Gasteiger partial charge in [-0.2, -0.15) is 0 Å². The van der Waals surface area contributed by atoms with E-state index in [1.165, 1.54) is 0 Å². The lowest BCUT2D eigenvalue weighted by molar-refractivity contribution is -0.136. The molecule has 1 unspecified atom stereocenters. The summed E-state index contributed by atoms with van der Waals surface area (Å²) >= 11 is 0. The molecule has 0 spiro atoms. The highest BCUT2D eigenvalue weighted by atomic mass is 16.6. The molecule has 0 aromatic heterocycles. The van der Waals surface area contributed by atoms with E-state index in [1.807, 2.05) is 0 Å². The number of carbonyl (C=O) groups is 4. The van der Waals surface area contributed by atoms with E-state index >= 15 is 0 Å². The van der Waals surface area contributed by atoms with Gasteiger partial charge in [-0.05, 0) is 18.6 Å². The average molecular weight is 622 g/mol. The minimum absolute atomic E-state index is 0.0702. The maximum Gasteiger partial charge on any atom is 0.264 e. The Kier molecular flexibility index (Phi) is 16.6. The fourth-order valence-corrected chi connectivity index (χ4v) is 4.41. The molecule has 0 radical (unpaired) electrons. The SMILES string of the molecule is C=CCOCCOCCOCCOCCOCCOCCOCCNc1cccc2c1C(=O)N(C1CCC(=O)NC1=O)C2=O. The minimum Gasteiger partial charge on any atom is -0.382 e. The van der Waals surface area contributed by atoms with Crippen molar-refractivity contribution in [3.63, 3.8) is 0 Å². The summed E-state index contributed by atoms with van der Waals surface area (Å²) in [7, 11) is 0. The highest BCUT2D eigenvalue weighted by Crippen LogP contribution is 2.32. The number of piperidine rings is 1. The van der Waals surface area contributed by atoms with Gasteiger partial charge in [0.15, 0.2) is 0 Å². The van der Waals surface area contributed by atoms with Crippen molar-refractivity contribution in [1.82, 2.24) is 10.2 Å². The molecule has 14 nitrogen and oxygen atoms in total. The first-order valence-electron chi connectivity index (χ1n) is 14.8. The lowest BCUT2D eigenvalue weighted by Crippen LogP contribution is -2.54. The monoisotopic (exact) mass is 621 g/mol. The normalized spacial score (nSPS) is 16.4. The van der Waals surface area contributed by atoms with Gasteiger partial charge in [0.1, 0.15) is 6.04 Å². The Morgan fingerprint density at radius 1 is 0.750 bits per heavy atom. The number of fused-ring (bicyclic) bond motifs is 1. The van der Waals surface area contributed by atoms with Crippen molar-refractivity contribution in [3.05, 3.63) is 42.0 Å². The van der Waals surface area contributed by atoms with Gasteiger partial charge in [-0.15, -0.1) is 6.58 Å². The number of hydrogen-bond acceptors (Lipinski definition) is 12. The second-order valence-electron chi connectivity index (χ2n) is 9.64. The molecule has 3 rings (SSSR count). The number of nitrogens with zero attached hydrogens (tertiary/aromatic N) is 1. The molecular weight excluding hydrogens is 578 g/mol. The van der Waals surface area contributed by atoms with Crippen LogP contribution in [0.1, 0.15) is 33.6 Å². The minimum atomic E-state index is -1.00. The van der Waals surface area contributed by atoms with Gasteiger partial charge in [0.05, 0.1) is 104 Å².